The molecule has 0 unspecified atom stereocenters. The number of rotatable bonds is 10. The molecule has 0 N–H and O–H groups in total. The minimum absolute atomic E-state index is 0.170. The normalized spacial score (nSPS) is 11.2. The molecule has 0 spiro atoms. The first-order valence-electron chi connectivity index (χ1n) is 6.81. The van der Waals surface area contributed by atoms with Gasteiger partial charge in [0.1, 0.15) is 0 Å². The van der Waals surface area contributed by atoms with Crippen LogP contribution in [0, 0.1) is 0 Å². The Hall–Kier alpha value is -0.290. The van der Waals surface area contributed by atoms with Crippen LogP contribution >= 0.6 is 0 Å². The molecule has 18 heavy (non-hydrogen) atoms. The van der Waals surface area contributed by atoms with Crippen LogP contribution in [-0.4, -0.2) is 27.5 Å². The fraction of sp³-hybridized carbons (Fsp3) is 0.500. The van der Waals surface area contributed by atoms with Crippen LogP contribution in [0.2, 0.25) is 4.47 Å². The van der Waals surface area contributed by atoms with Gasteiger partial charge in [-0.05, 0) is 0 Å². The zero-order chi connectivity index (χ0) is 12.9. The van der Waals surface area contributed by atoms with E-state index in [0.29, 0.717) is 0 Å². The van der Waals surface area contributed by atoms with Crippen LogP contribution < -0.4 is 0 Å². The van der Waals surface area contributed by atoms with E-state index in [-0.39, 0.29) is 20.9 Å². The van der Waals surface area contributed by atoms with E-state index in [0.717, 1.165) is 19.6 Å². The predicted octanol–water partition coefficient (Wildman–Crippen LogP) is 4.42. The van der Waals surface area contributed by atoms with E-state index >= 15 is 0 Å². The third-order valence-electron chi connectivity index (χ3n) is 2.58. The first kappa shape index (κ1) is 15.8. The van der Waals surface area contributed by atoms with Crippen molar-refractivity contribution in [2.45, 2.75) is 43.7 Å². The van der Waals surface area contributed by atoms with Crippen molar-refractivity contribution in [2.24, 2.45) is 0 Å². The molecule has 100 valence electrons. The van der Waals surface area contributed by atoms with Crippen LogP contribution in [0.1, 0.15) is 38.2 Å². The van der Waals surface area contributed by atoms with Gasteiger partial charge in [0.05, 0.1) is 0 Å². The quantitative estimate of drug-likeness (QED) is 0.444. The number of allylic oxidation sites excluding steroid dienone is 1. The number of hydrogen-bond donors (Lipinski definition) is 0. The number of benzene rings is 1. The summed E-state index contributed by atoms with van der Waals surface area (Å²) in [7, 11) is 0. The molecule has 0 radical (unpaired) electrons. The van der Waals surface area contributed by atoms with Crippen LogP contribution in [0.25, 0.3) is 0 Å². The van der Waals surface area contributed by atoms with E-state index in [1.165, 1.54) is 29.3 Å². The zero-order valence-corrected chi connectivity index (χ0v) is 13.6. The van der Waals surface area contributed by atoms with Crippen molar-refractivity contribution in [1.82, 2.24) is 0 Å². The predicted molar refractivity (Wildman–Crippen MR) is 79.9 cm³/mol. The molecule has 0 heterocycles. The molecule has 0 bridgehead atoms. The molecule has 0 aliphatic rings. The van der Waals surface area contributed by atoms with Crippen molar-refractivity contribution < 1.29 is 4.74 Å². The Balaban J connectivity index is 1.90. The SMILES string of the molecule is CCCC[Te]/C=C\CCCOCc1ccccc1. The van der Waals surface area contributed by atoms with E-state index in [1.807, 2.05) is 6.07 Å². The summed E-state index contributed by atoms with van der Waals surface area (Å²) in [5.41, 5.74) is 1.26. The second kappa shape index (κ2) is 11.8. The van der Waals surface area contributed by atoms with E-state index < -0.39 is 0 Å². The fourth-order valence-electron chi connectivity index (χ4n) is 1.50. The Bertz CT molecular complexity index is 308. The van der Waals surface area contributed by atoms with Gasteiger partial charge in [0.15, 0.2) is 0 Å². The van der Waals surface area contributed by atoms with Crippen LogP contribution in [0.4, 0.5) is 0 Å². The summed E-state index contributed by atoms with van der Waals surface area (Å²) in [4.78, 5) is 0. The van der Waals surface area contributed by atoms with E-state index in [1.54, 1.807) is 0 Å². The molecule has 0 saturated heterocycles. The molecule has 0 atom stereocenters. The molecule has 1 aromatic rings. The van der Waals surface area contributed by atoms with Crippen molar-refractivity contribution in [1.29, 1.82) is 0 Å². The minimum atomic E-state index is 0.170. The summed E-state index contributed by atoms with van der Waals surface area (Å²) in [5, 5.41) is 0. The van der Waals surface area contributed by atoms with E-state index in [9.17, 15) is 0 Å². The monoisotopic (exact) mass is 362 g/mol. The Morgan fingerprint density at radius 3 is 2.78 bits per heavy atom. The van der Waals surface area contributed by atoms with Gasteiger partial charge in [0.25, 0.3) is 0 Å². The third kappa shape index (κ3) is 8.75. The standard InChI is InChI=1S/C16H24OTe/c1-2-3-13-18-14-9-5-8-12-17-15-16-10-6-4-7-11-16/h4,6-7,9-11,14H,2-3,5,8,12-13,15H2,1H3/b14-9-. The molecule has 0 aliphatic carbocycles. The first-order chi connectivity index (χ1) is 8.93. The molecular formula is C16H24OTe. The van der Waals surface area contributed by atoms with Gasteiger partial charge in [-0.1, -0.05) is 0 Å². The topological polar surface area (TPSA) is 9.23 Å². The average molecular weight is 360 g/mol. The number of hydrogen-bond acceptors (Lipinski definition) is 1. The summed E-state index contributed by atoms with van der Waals surface area (Å²) in [6.07, 6.45) is 7.41. The Labute approximate surface area is 122 Å². The molecule has 0 aromatic heterocycles. The van der Waals surface area contributed by atoms with Crippen LogP contribution in [-0.2, 0) is 11.3 Å². The first-order valence-corrected chi connectivity index (χ1v) is 9.81. The van der Waals surface area contributed by atoms with E-state index in [2.05, 4.69) is 41.4 Å². The van der Waals surface area contributed by atoms with Crippen LogP contribution in [0.15, 0.2) is 40.5 Å². The summed E-state index contributed by atoms with van der Waals surface area (Å²) in [6, 6.07) is 10.4. The number of unbranched alkanes of at least 4 members (excludes halogenated alkanes) is 2. The van der Waals surface area contributed by atoms with Gasteiger partial charge in [-0.15, -0.1) is 0 Å². The van der Waals surface area contributed by atoms with Crippen LogP contribution in [0.3, 0.4) is 0 Å². The summed E-state index contributed by atoms with van der Waals surface area (Å²) in [6.45, 7) is 3.88. The molecule has 1 aromatic carbocycles. The molecule has 0 aliphatic heterocycles. The fourth-order valence-corrected chi connectivity index (χ4v) is 3.96. The van der Waals surface area contributed by atoms with Gasteiger partial charge in [-0.3, -0.25) is 0 Å². The maximum atomic E-state index is 5.64. The van der Waals surface area contributed by atoms with Crippen molar-refractivity contribution >= 4 is 20.9 Å². The summed E-state index contributed by atoms with van der Waals surface area (Å²) < 4.78 is 9.54. The van der Waals surface area contributed by atoms with Gasteiger partial charge in [-0.2, -0.15) is 0 Å². The van der Waals surface area contributed by atoms with E-state index in [4.69, 9.17) is 4.74 Å². The molecule has 0 fully saturated rings. The second-order valence-corrected chi connectivity index (χ2v) is 7.17. The molecular weight excluding hydrogens is 336 g/mol. The summed E-state index contributed by atoms with van der Waals surface area (Å²) >= 11 is 0.170. The van der Waals surface area contributed by atoms with Gasteiger partial charge in [-0.25, -0.2) is 0 Å². The maximum absolute atomic E-state index is 5.64. The molecule has 0 amide bonds. The van der Waals surface area contributed by atoms with Crippen molar-refractivity contribution in [2.75, 3.05) is 6.61 Å². The summed E-state index contributed by atoms with van der Waals surface area (Å²) in [5.74, 6) is 0. The van der Waals surface area contributed by atoms with Gasteiger partial charge in [0, 0.05) is 0 Å². The Kier molecular flexibility index (Phi) is 10.3. The Morgan fingerprint density at radius 2 is 2.00 bits per heavy atom. The second-order valence-electron chi connectivity index (χ2n) is 4.28. The Morgan fingerprint density at radius 1 is 1.17 bits per heavy atom. The van der Waals surface area contributed by atoms with Gasteiger partial charge >= 0.3 is 122 Å². The van der Waals surface area contributed by atoms with Crippen molar-refractivity contribution in [3.8, 4) is 0 Å². The van der Waals surface area contributed by atoms with Crippen molar-refractivity contribution in [3.63, 3.8) is 0 Å². The van der Waals surface area contributed by atoms with Crippen molar-refractivity contribution in [3.05, 3.63) is 46.1 Å². The van der Waals surface area contributed by atoms with Gasteiger partial charge < -0.3 is 0 Å². The zero-order valence-electron chi connectivity index (χ0n) is 11.3. The van der Waals surface area contributed by atoms with Gasteiger partial charge in [0.2, 0.25) is 0 Å². The van der Waals surface area contributed by atoms with Crippen LogP contribution in [0.5, 0.6) is 0 Å². The number of ether oxygens (including phenoxy) is 1. The molecule has 2 heteroatoms. The average Bonchev–Trinajstić information content (AvgIpc) is 2.42. The molecule has 0 saturated carbocycles. The molecule has 1 nitrogen and oxygen atoms in total. The molecule has 1 rings (SSSR count). The third-order valence-corrected chi connectivity index (χ3v) is 5.17.